The van der Waals surface area contributed by atoms with Crippen LogP contribution in [0.2, 0.25) is 0 Å². The van der Waals surface area contributed by atoms with Gasteiger partial charge in [-0.1, -0.05) is 6.07 Å². The van der Waals surface area contributed by atoms with E-state index in [0.717, 1.165) is 31.5 Å². The quantitative estimate of drug-likeness (QED) is 0.876. The highest BCUT2D eigenvalue weighted by molar-refractivity contribution is 5.78. The van der Waals surface area contributed by atoms with E-state index in [2.05, 4.69) is 10.2 Å². The Morgan fingerprint density at radius 3 is 2.76 bits per heavy atom. The highest BCUT2D eigenvalue weighted by Crippen LogP contribution is 2.22. The van der Waals surface area contributed by atoms with Crippen LogP contribution in [0.3, 0.4) is 0 Å². The summed E-state index contributed by atoms with van der Waals surface area (Å²) < 4.78 is 19.0. The molecule has 1 aromatic carbocycles. The minimum absolute atomic E-state index is 0.0151. The maximum atomic E-state index is 13.8. The van der Waals surface area contributed by atoms with Crippen molar-refractivity contribution < 1.29 is 13.9 Å². The summed E-state index contributed by atoms with van der Waals surface area (Å²) in [6, 6.07) is 4.60. The topological polar surface area (TPSA) is 41.6 Å². The van der Waals surface area contributed by atoms with Crippen LogP contribution in [0, 0.1) is 5.82 Å². The van der Waals surface area contributed by atoms with Gasteiger partial charge in [-0.15, -0.1) is 0 Å². The van der Waals surface area contributed by atoms with Gasteiger partial charge in [0.1, 0.15) is 0 Å². The number of carbonyl (C=O) groups is 1. The lowest BCUT2D eigenvalue weighted by Gasteiger charge is -2.18. The summed E-state index contributed by atoms with van der Waals surface area (Å²) in [5, 5.41) is 2.91. The van der Waals surface area contributed by atoms with Crippen molar-refractivity contribution in [1.82, 2.24) is 10.2 Å². The van der Waals surface area contributed by atoms with Crippen LogP contribution >= 0.6 is 0 Å². The number of hydrogen-bond donors (Lipinski definition) is 1. The Labute approximate surface area is 125 Å². The summed E-state index contributed by atoms with van der Waals surface area (Å²) in [4.78, 5) is 14.1. The minimum Gasteiger partial charge on any atom is -0.491 e. The summed E-state index contributed by atoms with van der Waals surface area (Å²) in [6.07, 6.45) is 2.32. The van der Waals surface area contributed by atoms with Crippen molar-refractivity contribution in [3.63, 3.8) is 0 Å². The standard InChI is InChI=1S/C16H23FN2O2/c1-3-21-15-7-6-13(10-14(15)17)12(2)18-16(20)11-19-8-4-5-9-19/h6-7,10,12H,3-5,8-9,11H2,1-2H3,(H,18,20). The Kier molecular flexibility index (Phi) is 5.56. The van der Waals surface area contributed by atoms with E-state index in [9.17, 15) is 9.18 Å². The molecule has 1 aliphatic heterocycles. The third kappa shape index (κ3) is 4.43. The van der Waals surface area contributed by atoms with Crippen LogP contribution in [-0.4, -0.2) is 37.0 Å². The van der Waals surface area contributed by atoms with Gasteiger partial charge in [-0.05, 0) is 57.5 Å². The Morgan fingerprint density at radius 1 is 1.43 bits per heavy atom. The van der Waals surface area contributed by atoms with E-state index >= 15 is 0 Å². The Hall–Kier alpha value is -1.62. The van der Waals surface area contributed by atoms with E-state index in [-0.39, 0.29) is 17.7 Å². The van der Waals surface area contributed by atoms with Gasteiger partial charge in [0.05, 0.1) is 19.2 Å². The molecule has 1 atom stereocenters. The highest BCUT2D eigenvalue weighted by atomic mass is 19.1. The normalized spacial score (nSPS) is 16.7. The van der Waals surface area contributed by atoms with Crippen LogP contribution in [0.25, 0.3) is 0 Å². The molecule has 5 heteroatoms. The summed E-state index contributed by atoms with van der Waals surface area (Å²) in [6.45, 7) is 6.49. The second-order valence-corrected chi connectivity index (χ2v) is 5.40. The molecule has 1 aromatic rings. The molecule has 2 rings (SSSR count). The fraction of sp³-hybridized carbons (Fsp3) is 0.562. The van der Waals surface area contributed by atoms with Crippen molar-refractivity contribution in [2.24, 2.45) is 0 Å². The smallest absolute Gasteiger partial charge is 0.234 e. The number of nitrogens with zero attached hydrogens (tertiary/aromatic N) is 1. The summed E-state index contributed by atoms with van der Waals surface area (Å²) in [5.74, 6) is -0.162. The minimum atomic E-state index is -0.394. The first-order chi connectivity index (χ1) is 10.1. The number of rotatable bonds is 6. The summed E-state index contributed by atoms with van der Waals surface area (Å²) in [7, 11) is 0. The largest absolute Gasteiger partial charge is 0.491 e. The van der Waals surface area contributed by atoms with Crippen molar-refractivity contribution >= 4 is 5.91 Å². The van der Waals surface area contributed by atoms with Crippen LogP contribution in [0.4, 0.5) is 4.39 Å². The van der Waals surface area contributed by atoms with Crippen LogP contribution in [-0.2, 0) is 4.79 Å². The highest BCUT2D eigenvalue weighted by Gasteiger charge is 2.17. The molecule has 4 nitrogen and oxygen atoms in total. The first-order valence-electron chi connectivity index (χ1n) is 7.54. The fourth-order valence-corrected chi connectivity index (χ4v) is 2.57. The molecule has 21 heavy (non-hydrogen) atoms. The van der Waals surface area contributed by atoms with Crippen LogP contribution in [0.1, 0.15) is 38.3 Å². The number of ether oxygens (including phenoxy) is 1. The zero-order valence-electron chi connectivity index (χ0n) is 12.7. The van der Waals surface area contributed by atoms with E-state index in [1.807, 2.05) is 13.8 Å². The Balaban J connectivity index is 1.91. The molecule has 0 aromatic heterocycles. The van der Waals surface area contributed by atoms with Gasteiger partial charge in [0.25, 0.3) is 0 Å². The number of nitrogens with one attached hydrogen (secondary N) is 1. The summed E-state index contributed by atoms with van der Waals surface area (Å²) >= 11 is 0. The van der Waals surface area contributed by atoms with Crippen LogP contribution < -0.4 is 10.1 Å². The predicted molar refractivity (Wildman–Crippen MR) is 79.8 cm³/mol. The molecule has 1 saturated heterocycles. The van der Waals surface area contributed by atoms with E-state index in [0.29, 0.717) is 13.2 Å². The van der Waals surface area contributed by atoms with Crippen LogP contribution in [0.5, 0.6) is 5.75 Å². The van der Waals surface area contributed by atoms with Crippen molar-refractivity contribution in [2.75, 3.05) is 26.2 Å². The molecule has 0 aliphatic carbocycles. The lowest BCUT2D eigenvalue weighted by atomic mass is 10.1. The number of hydrogen-bond acceptors (Lipinski definition) is 3. The maximum absolute atomic E-state index is 13.8. The SMILES string of the molecule is CCOc1ccc(C(C)NC(=O)CN2CCCC2)cc1F. The third-order valence-corrected chi connectivity index (χ3v) is 3.70. The third-order valence-electron chi connectivity index (χ3n) is 3.70. The first-order valence-corrected chi connectivity index (χ1v) is 7.54. The van der Waals surface area contributed by atoms with Gasteiger partial charge in [0.15, 0.2) is 11.6 Å². The van der Waals surface area contributed by atoms with Gasteiger partial charge in [-0.2, -0.15) is 0 Å². The van der Waals surface area contributed by atoms with Crippen molar-refractivity contribution in [2.45, 2.75) is 32.7 Å². The molecule has 0 saturated carbocycles. The number of carbonyl (C=O) groups excluding carboxylic acids is 1. The monoisotopic (exact) mass is 294 g/mol. The zero-order valence-corrected chi connectivity index (χ0v) is 12.7. The van der Waals surface area contributed by atoms with E-state index in [4.69, 9.17) is 4.74 Å². The Bertz CT molecular complexity index is 487. The number of benzene rings is 1. The van der Waals surface area contributed by atoms with Crippen molar-refractivity contribution in [1.29, 1.82) is 0 Å². The van der Waals surface area contributed by atoms with Gasteiger partial charge >= 0.3 is 0 Å². The van der Waals surface area contributed by atoms with Crippen molar-refractivity contribution in [3.8, 4) is 5.75 Å². The molecule has 1 N–H and O–H groups in total. The zero-order chi connectivity index (χ0) is 15.2. The number of likely N-dealkylation sites (tertiary alicyclic amines) is 1. The van der Waals surface area contributed by atoms with E-state index < -0.39 is 5.82 Å². The number of amides is 1. The second-order valence-electron chi connectivity index (χ2n) is 5.40. The fourth-order valence-electron chi connectivity index (χ4n) is 2.57. The molecular weight excluding hydrogens is 271 g/mol. The first kappa shape index (κ1) is 15.8. The van der Waals surface area contributed by atoms with E-state index in [1.165, 1.54) is 6.07 Å². The van der Waals surface area contributed by atoms with Gasteiger partial charge in [0.2, 0.25) is 5.91 Å². The molecule has 1 heterocycles. The molecular formula is C16H23FN2O2. The lowest BCUT2D eigenvalue weighted by molar-refractivity contribution is -0.122. The molecule has 1 aliphatic rings. The maximum Gasteiger partial charge on any atom is 0.234 e. The molecule has 0 spiro atoms. The van der Waals surface area contributed by atoms with E-state index in [1.54, 1.807) is 12.1 Å². The Morgan fingerprint density at radius 2 is 2.14 bits per heavy atom. The number of halogens is 1. The van der Waals surface area contributed by atoms with Gasteiger partial charge in [0, 0.05) is 0 Å². The molecule has 1 fully saturated rings. The molecule has 0 radical (unpaired) electrons. The van der Waals surface area contributed by atoms with Crippen LogP contribution in [0.15, 0.2) is 18.2 Å². The molecule has 116 valence electrons. The average molecular weight is 294 g/mol. The van der Waals surface area contributed by atoms with Crippen molar-refractivity contribution in [3.05, 3.63) is 29.6 Å². The average Bonchev–Trinajstić information content (AvgIpc) is 2.93. The molecule has 1 amide bonds. The van der Waals surface area contributed by atoms with Gasteiger partial charge in [-0.25, -0.2) is 4.39 Å². The second kappa shape index (κ2) is 7.41. The molecule has 0 bridgehead atoms. The lowest BCUT2D eigenvalue weighted by Crippen LogP contribution is -2.36. The molecule has 1 unspecified atom stereocenters. The van der Waals surface area contributed by atoms with Gasteiger partial charge < -0.3 is 10.1 Å². The predicted octanol–water partition coefficient (Wildman–Crippen LogP) is 2.50. The summed E-state index contributed by atoms with van der Waals surface area (Å²) in [5.41, 5.74) is 0.741. The van der Waals surface area contributed by atoms with Gasteiger partial charge in [-0.3, -0.25) is 9.69 Å².